The standard InChI is InChI=1S/C29H28ClF7N4O5/c30-20-7-8-23(39-15-20)27(14-18-5-2-1-3-6-18,19-11-21(31)13-22(12-19)46-29(36,37)24(32)33)41-26(44)40-16-28(34,35)25(43)38-9-4-10-45-17-42/h1-3,5-8,11-13,15,24,42H,4,9-10,14,16-17H2,(H,38,43)(H2,40,41,44)/t27-/m0/s1. The van der Waals surface area contributed by atoms with E-state index in [9.17, 15) is 40.3 Å². The van der Waals surface area contributed by atoms with Crippen LogP contribution in [0.15, 0.2) is 66.9 Å². The van der Waals surface area contributed by atoms with E-state index >= 15 is 0 Å². The van der Waals surface area contributed by atoms with Gasteiger partial charge >= 0.3 is 24.5 Å². The molecule has 3 amide bonds. The Morgan fingerprint density at radius 1 is 1.00 bits per heavy atom. The number of nitrogens with one attached hydrogen (secondary N) is 3. The van der Waals surface area contributed by atoms with Gasteiger partial charge in [-0.15, -0.1) is 0 Å². The van der Waals surface area contributed by atoms with Gasteiger partial charge in [0.2, 0.25) is 0 Å². The summed E-state index contributed by atoms with van der Waals surface area (Å²) in [5, 5.41) is 15.0. The summed E-state index contributed by atoms with van der Waals surface area (Å²) < 4.78 is 106. The molecule has 0 spiro atoms. The molecule has 4 N–H and O–H groups in total. The summed E-state index contributed by atoms with van der Waals surface area (Å²) in [6, 6.07) is 11.3. The van der Waals surface area contributed by atoms with Gasteiger partial charge < -0.3 is 30.5 Å². The molecule has 2 aromatic carbocycles. The molecule has 0 aliphatic rings. The molecule has 1 atom stereocenters. The molecule has 0 bridgehead atoms. The number of benzene rings is 2. The van der Waals surface area contributed by atoms with E-state index < -0.39 is 60.8 Å². The minimum Gasteiger partial charge on any atom is -0.428 e. The molecule has 1 heterocycles. The van der Waals surface area contributed by atoms with E-state index in [0.717, 1.165) is 18.3 Å². The number of rotatable bonds is 16. The number of urea groups is 1. The number of nitrogens with zero attached hydrogens (tertiary/aromatic N) is 1. The van der Waals surface area contributed by atoms with Crippen LogP contribution in [-0.4, -0.2) is 67.0 Å². The SMILES string of the molecule is O=C(NCC(F)(F)C(=O)NCCCOCO)N[C@@](Cc1ccccc1)(c1cc(F)cc(OC(F)(F)C(F)F)c1)c1ccc(Cl)cn1. The van der Waals surface area contributed by atoms with E-state index in [1.54, 1.807) is 30.3 Å². The second-order valence-electron chi connectivity index (χ2n) is 9.73. The van der Waals surface area contributed by atoms with Crippen molar-refractivity contribution in [1.82, 2.24) is 20.9 Å². The predicted octanol–water partition coefficient (Wildman–Crippen LogP) is 5.00. The Morgan fingerprint density at radius 2 is 1.72 bits per heavy atom. The summed E-state index contributed by atoms with van der Waals surface area (Å²) in [6.07, 6.45) is -8.36. The van der Waals surface area contributed by atoms with E-state index in [1.807, 2.05) is 10.6 Å². The first-order valence-electron chi connectivity index (χ1n) is 13.4. The molecule has 3 rings (SSSR count). The van der Waals surface area contributed by atoms with Crippen LogP contribution in [0.4, 0.5) is 35.5 Å². The van der Waals surface area contributed by atoms with Gasteiger partial charge in [-0.05, 0) is 41.8 Å². The van der Waals surface area contributed by atoms with Crippen molar-refractivity contribution in [3.05, 3.63) is 94.5 Å². The normalized spacial score (nSPS) is 13.2. The summed E-state index contributed by atoms with van der Waals surface area (Å²) in [5.74, 6) is -8.12. The zero-order valence-corrected chi connectivity index (χ0v) is 24.5. The van der Waals surface area contributed by atoms with Gasteiger partial charge in [-0.2, -0.15) is 26.3 Å². The second-order valence-corrected chi connectivity index (χ2v) is 10.2. The van der Waals surface area contributed by atoms with Crippen molar-refractivity contribution < 1.29 is 54.9 Å². The minimum atomic E-state index is -5.02. The summed E-state index contributed by atoms with van der Waals surface area (Å²) in [5.41, 5.74) is -2.06. The Labute approximate surface area is 263 Å². The molecular weight excluding hydrogens is 653 g/mol. The largest absolute Gasteiger partial charge is 0.461 e. The molecule has 0 aliphatic carbocycles. The first-order chi connectivity index (χ1) is 21.7. The first kappa shape index (κ1) is 36.3. The molecule has 0 saturated heterocycles. The lowest BCUT2D eigenvalue weighted by molar-refractivity contribution is -0.253. The molecule has 0 saturated carbocycles. The third-order valence-corrected chi connectivity index (χ3v) is 6.54. The van der Waals surface area contributed by atoms with Gasteiger partial charge in [-0.25, -0.2) is 9.18 Å². The number of amides is 3. The maximum atomic E-state index is 14.9. The fourth-order valence-corrected chi connectivity index (χ4v) is 4.31. The number of aliphatic hydroxyl groups excluding tert-OH is 1. The fourth-order valence-electron chi connectivity index (χ4n) is 4.20. The monoisotopic (exact) mass is 680 g/mol. The number of aliphatic hydroxyl groups is 1. The highest BCUT2D eigenvalue weighted by molar-refractivity contribution is 6.30. The lowest BCUT2D eigenvalue weighted by atomic mass is 9.80. The van der Waals surface area contributed by atoms with Crippen LogP contribution in [0, 0.1) is 5.82 Å². The van der Waals surface area contributed by atoms with Gasteiger partial charge in [0.1, 0.15) is 23.9 Å². The number of carbonyl (C=O) groups excluding carboxylic acids is 2. The quantitative estimate of drug-likeness (QED) is 0.0960. The van der Waals surface area contributed by atoms with E-state index in [4.69, 9.17) is 16.7 Å². The number of pyridine rings is 1. The van der Waals surface area contributed by atoms with E-state index in [1.165, 1.54) is 12.1 Å². The zero-order valence-electron chi connectivity index (χ0n) is 23.7. The molecule has 17 heteroatoms. The first-order valence-corrected chi connectivity index (χ1v) is 13.8. The van der Waals surface area contributed by atoms with Crippen LogP contribution in [0.25, 0.3) is 0 Å². The van der Waals surface area contributed by atoms with Crippen molar-refractivity contribution in [3.8, 4) is 5.75 Å². The Hall–Kier alpha value is -4.15. The third-order valence-electron chi connectivity index (χ3n) is 6.32. The average Bonchev–Trinajstić information content (AvgIpc) is 3.00. The lowest BCUT2D eigenvalue weighted by Crippen LogP contribution is -2.55. The lowest BCUT2D eigenvalue weighted by Gasteiger charge is -2.36. The summed E-state index contributed by atoms with van der Waals surface area (Å²) >= 11 is 5.98. The molecule has 250 valence electrons. The Morgan fingerprint density at radius 3 is 2.35 bits per heavy atom. The van der Waals surface area contributed by atoms with Crippen molar-refractivity contribution in [3.63, 3.8) is 0 Å². The van der Waals surface area contributed by atoms with Crippen LogP contribution in [0.2, 0.25) is 5.02 Å². The molecule has 0 fully saturated rings. The van der Waals surface area contributed by atoms with Crippen molar-refractivity contribution in [1.29, 1.82) is 0 Å². The van der Waals surface area contributed by atoms with Gasteiger partial charge in [0.25, 0.3) is 5.91 Å². The number of ether oxygens (including phenoxy) is 2. The highest BCUT2D eigenvalue weighted by atomic mass is 35.5. The van der Waals surface area contributed by atoms with Crippen molar-refractivity contribution in [2.45, 2.75) is 36.8 Å². The van der Waals surface area contributed by atoms with Crippen LogP contribution >= 0.6 is 11.6 Å². The molecule has 1 aromatic heterocycles. The third kappa shape index (κ3) is 9.92. The van der Waals surface area contributed by atoms with Crippen molar-refractivity contribution in [2.75, 3.05) is 26.5 Å². The maximum absolute atomic E-state index is 14.9. The van der Waals surface area contributed by atoms with Gasteiger partial charge in [0.15, 0.2) is 0 Å². The highest BCUT2D eigenvalue weighted by Crippen LogP contribution is 2.37. The minimum absolute atomic E-state index is 0.0160. The number of aromatic nitrogens is 1. The zero-order chi connectivity index (χ0) is 34.0. The maximum Gasteiger partial charge on any atom is 0.461 e. The Balaban J connectivity index is 2.02. The molecule has 0 aliphatic heterocycles. The van der Waals surface area contributed by atoms with Crippen LogP contribution in [-0.2, 0) is 21.5 Å². The highest BCUT2D eigenvalue weighted by Gasteiger charge is 2.45. The number of hydrogen-bond donors (Lipinski definition) is 4. The smallest absolute Gasteiger partial charge is 0.428 e. The van der Waals surface area contributed by atoms with Crippen molar-refractivity contribution in [2.24, 2.45) is 0 Å². The Bertz CT molecular complexity index is 1460. The summed E-state index contributed by atoms with van der Waals surface area (Å²) in [4.78, 5) is 29.4. The van der Waals surface area contributed by atoms with E-state index in [2.05, 4.69) is 19.8 Å². The number of alkyl halides is 6. The number of hydrogen-bond acceptors (Lipinski definition) is 6. The topological polar surface area (TPSA) is 122 Å². The number of carbonyl (C=O) groups is 2. The van der Waals surface area contributed by atoms with E-state index in [0.29, 0.717) is 11.6 Å². The second kappa shape index (κ2) is 15.9. The van der Waals surface area contributed by atoms with Crippen LogP contribution in [0.3, 0.4) is 0 Å². The van der Waals surface area contributed by atoms with Gasteiger partial charge in [0, 0.05) is 25.2 Å². The van der Waals surface area contributed by atoms with Gasteiger partial charge in [-0.1, -0.05) is 41.9 Å². The van der Waals surface area contributed by atoms with Crippen molar-refractivity contribution >= 4 is 23.5 Å². The molecule has 0 unspecified atom stereocenters. The molecule has 3 aromatic rings. The van der Waals surface area contributed by atoms with Crippen LogP contribution in [0.5, 0.6) is 5.75 Å². The number of halogens is 8. The predicted molar refractivity (Wildman–Crippen MR) is 150 cm³/mol. The average molecular weight is 681 g/mol. The van der Waals surface area contributed by atoms with Crippen LogP contribution in [0.1, 0.15) is 23.2 Å². The molecule has 46 heavy (non-hydrogen) atoms. The Kier molecular flexibility index (Phi) is 12.6. The van der Waals surface area contributed by atoms with Gasteiger partial charge in [-0.3, -0.25) is 9.78 Å². The molecule has 9 nitrogen and oxygen atoms in total. The van der Waals surface area contributed by atoms with Crippen LogP contribution < -0.4 is 20.7 Å². The summed E-state index contributed by atoms with van der Waals surface area (Å²) in [6.45, 7) is -2.34. The van der Waals surface area contributed by atoms with Gasteiger partial charge in [0.05, 0.1) is 23.9 Å². The summed E-state index contributed by atoms with van der Waals surface area (Å²) in [7, 11) is 0. The molecular formula is C29H28ClF7N4O5. The fraction of sp³-hybridized carbons (Fsp3) is 0.345. The molecule has 0 radical (unpaired) electrons. The van der Waals surface area contributed by atoms with E-state index in [-0.39, 0.29) is 42.3 Å².